The van der Waals surface area contributed by atoms with E-state index in [1.165, 1.54) is 0 Å². The number of benzene rings is 1. The highest BCUT2D eigenvalue weighted by atomic mass is 32.2. The highest BCUT2D eigenvalue weighted by Gasteiger charge is 2.13. The maximum absolute atomic E-state index is 11.5. The van der Waals surface area contributed by atoms with Crippen molar-refractivity contribution in [1.29, 1.82) is 0 Å². The number of hydrogen-bond acceptors (Lipinski definition) is 4. The van der Waals surface area contributed by atoms with Gasteiger partial charge in [0.2, 0.25) is 10.0 Å². The first-order chi connectivity index (χ1) is 8.55. The fourth-order valence-corrected chi connectivity index (χ4v) is 2.28. The number of rotatable bonds is 8. The van der Waals surface area contributed by atoms with Gasteiger partial charge in [0.05, 0.1) is 18.5 Å². The third-order valence-corrected chi connectivity index (χ3v) is 3.69. The van der Waals surface area contributed by atoms with Crippen molar-refractivity contribution in [2.24, 2.45) is 0 Å². The van der Waals surface area contributed by atoms with Gasteiger partial charge in [0.15, 0.2) is 0 Å². The Kier molecular flexibility index (Phi) is 6.28. The van der Waals surface area contributed by atoms with Crippen LogP contribution in [0, 0.1) is 0 Å². The zero-order valence-electron chi connectivity index (χ0n) is 10.4. The van der Waals surface area contributed by atoms with Gasteiger partial charge in [0.25, 0.3) is 0 Å². The van der Waals surface area contributed by atoms with Crippen LogP contribution in [0.15, 0.2) is 30.3 Å². The minimum Gasteiger partial charge on any atom is -0.387 e. The van der Waals surface area contributed by atoms with Gasteiger partial charge in [-0.3, -0.25) is 0 Å². The fraction of sp³-hybridized carbons (Fsp3) is 0.500. The maximum Gasteiger partial charge on any atom is 0.213 e. The van der Waals surface area contributed by atoms with E-state index < -0.39 is 16.1 Å². The van der Waals surface area contributed by atoms with E-state index in [0.29, 0.717) is 12.2 Å². The lowest BCUT2D eigenvalue weighted by atomic mass is 10.1. The van der Waals surface area contributed by atoms with Crippen LogP contribution in [0.1, 0.15) is 18.6 Å². The Morgan fingerprint density at radius 3 is 2.61 bits per heavy atom. The molecule has 0 saturated heterocycles. The van der Waals surface area contributed by atoms with Crippen molar-refractivity contribution in [3.8, 4) is 0 Å². The number of aliphatic hydroxyl groups excluding tert-OH is 1. The van der Waals surface area contributed by atoms with Crippen LogP contribution < -0.4 is 4.72 Å². The van der Waals surface area contributed by atoms with Gasteiger partial charge in [-0.25, -0.2) is 13.1 Å². The quantitative estimate of drug-likeness (QED) is 0.683. The predicted octanol–water partition coefficient (Wildman–Crippen LogP) is 0.676. The Labute approximate surface area is 108 Å². The molecule has 0 bridgehead atoms. The van der Waals surface area contributed by atoms with E-state index in [0.717, 1.165) is 0 Å². The molecule has 102 valence electrons. The van der Waals surface area contributed by atoms with Gasteiger partial charge in [-0.15, -0.1) is 0 Å². The van der Waals surface area contributed by atoms with Gasteiger partial charge < -0.3 is 9.84 Å². The first kappa shape index (κ1) is 15.1. The summed E-state index contributed by atoms with van der Waals surface area (Å²) in [5.41, 5.74) is 0.685. The molecular formula is C12H19NO4S. The molecule has 5 nitrogen and oxygen atoms in total. The van der Waals surface area contributed by atoms with Gasteiger partial charge in [-0.1, -0.05) is 30.3 Å². The summed E-state index contributed by atoms with van der Waals surface area (Å²) in [7, 11) is -3.39. The maximum atomic E-state index is 11.5. The summed E-state index contributed by atoms with van der Waals surface area (Å²) in [6.07, 6.45) is -0.840. The van der Waals surface area contributed by atoms with Crippen LogP contribution in [0.5, 0.6) is 0 Å². The van der Waals surface area contributed by atoms with E-state index in [1.807, 2.05) is 6.07 Å². The molecule has 0 aromatic heterocycles. The number of aliphatic hydroxyl groups is 1. The molecular weight excluding hydrogens is 254 g/mol. The molecule has 2 N–H and O–H groups in total. The van der Waals surface area contributed by atoms with Gasteiger partial charge in [-0.05, 0) is 12.5 Å². The fourth-order valence-electron chi connectivity index (χ4n) is 1.38. The minimum atomic E-state index is -3.39. The van der Waals surface area contributed by atoms with E-state index >= 15 is 0 Å². The third-order valence-electron chi connectivity index (χ3n) is 2.38. The van der Waals surface area contributed by atoms with Crippen molar-refractivity contribution in [2.45, 2.75) is 13.0 Å². The van der Waals surface area contributed by atoms with E-state index in [1.54, 1.807) is 31.2 Å². The molecule has 0 aliphatic heterocycles. The van der Waals surface area contributed by atoms with Crippen LogP contribution in [-0.4, -0.2) is 39.0 Å². The summed E-state index contributed by atoms with van der Waals surface area (Å²) in [5, 5.41) is 9.80. The molecule has 0 amide bonds. The van der Waals surface area contributed by atoms with Crippen molar-refractivity contribution >= 4 is 10.0 Å². The molecule has 1 aromatic carbocycles. The van der Waals surface area contributed by atoms with Crippen LogP contribution in [-0.2, 0) is 14.8 Å². The lowest BCUT2D eigenvalue weighted by molar-refractivity contribution is 0.162. The minimum absolute atomic E-state index is 0.0293. The highest BCUT2D eigenvalue weighted by Crippen LogP contribution is 2.10. The highest BCUT2D eigenvalue weighted by molar-refractivity contribution is 7.89. The number of ether oxygens (including phenoxy) is 1. The molecule has 1 atom stereocenters. The Hall–Kier alpha value is -0.950. The molecule has 1 rings (SSSR count). The van der Waals surface area contributed by atoms with Gasteiger partial charge in [-0.2, -0.15) is 0 Å². The van der Waals surface area contributed by atoms with E-state index in [9.17, 15) is 13.5 Å². The second kappa shape index (κ2) is 7.48. The molecule has 1 aromatic rings. The van der Waals surface area contributed by atoms with Crippen LogP contribution >= 0.6 is 0 Å². The normalized spacial score (nSPS) is 13.4. The molecule has 0 aliphatic carbocycles. The van der Waals surface area contributed by atoms with Gasteiger partial charge in [0.1, 0.15) is 0 Å². The molecule has 0 radical (unpaired) electrons. The lowest BCUT2D eigenvalue weighted by Crippen LogP contribution is -2.32. The summed E-state index contributed by atoms with van der Waals surface area (Å²) in [4.78, 5) is 0. The van der Waals surface area contributed by atoms with Crippen LogP contribution in [0.4, 0.5) is 0 Å². The van der Waals surface area contributed by atoms with Crippen molar-refractivity contribution in [3.05, 3.63) is 35.9 Å². The Bertz CT molecular complexity index is 433. The topological polar surface area (TPSA) is 75.6 Å². The van der Waals surface area contributed by atoms with Crippen molar-refractivity contribution in [2.75, 3.05) is 25.5 Å². The SMILES string of the molecule is CCOCCS(=O)(=O)NCC(O)c1ccccc1. The summed E-state index contributed by atoms with van der Waals surface area (Å²) in [5.74, 6) is -0.0949. The number of hydrogen-bond donors (Lipinski definition) is 2. The molecule has 0 fully saturated rings. The standard InChI is InChI=1S/C12H19NO4S/c1-2-17-8-9-18(15,16)13-10-12(14)11-6-4-3-5-7-11/h3-7,12-14H,2,8-10H2,1H3. The first-order valence-electron chi connectivity index (χ1n) is 5.83. The lowest BCUT2D eigenvalue weighted by Gasteiger charge is -2.12. The molecule has 6 heteroatoms. The first-order valence-corrected chi connectivity index (χ1v) is 7.48. The largest absolute Gasteiger partial charge is 0.387 e. The number of nitrogens with one attached hydrogen (secondary N) is 1. The molecule has 0 heterocycles. The van der Waals surface area contributed by atoms with Gasteiger partial charge in [0, 0.05) is 13.2 Å². The van der Waals surface area contributed by atoms with Crippen molar-refractivity contribution < 1.29 is 18.3 Å². The van der Waals surface area contributed by atoms with Crippen LogP contribution in [0.3, 0.4) is 0 Å². The molecule has 0 aliphatic rings. The van der Waals surface area contributed by atoms with Crippen molar-refractivity contribution in [3.63, 3.8) is 0 Å². The van der Waals surface area contributed by atoms with Crippen molar-refractivity contribution in [1.82, 2.24) is 4.72 Å². The molecule has 18 heavy (non-hydrogen) atoms. The Morgan fingerprint density at radius 1 is 1.33 bits per heavy atom. The smallest absolute Gasteiger partial charge is 0.213 e. The molecule has 0 spiro atoms. The zero-order valence-corrected chi connectivity index (χ0v) is 11.2. The molecule has 1 unspecified atom stereocenters. The van der Waals surface area contributed by atoms with Gasteiger partial charge >= 0.3 is 0 Å². The summed E-state index contributed by atoms with van der Waals surface area (Å²) < 4.78 is 30.4. The van der Waals surface area contributed by atoms with Crippen LogP contribution in [0.25, 0.3) is 0 Å². The summed E-state index contributed by atoms with van der Waals surface area (Å²) >= 11 is 0. The van der Waals surface area contributed by atoms with Crippen LogP contribution in [0.2, 0.25) is 0 Å². The predicted molar refractivity (Wildman–Crippen MR) is 69.7 cm³/mol. The Balaban J connectivity index is 2.40. The summed E-state index contributed by atoms with van der Waals surface area (Å²) in [6, 6.07) is 8.92. The second-order valence-electron chi connectivity index (χ2n) is 3.79. The second-order valence-corrected chi connectivity index (χ2v) is 5.72. The van der Waals surface area contributed by atoms with E-state index in [2.05, 4.69) is 4.72 Å². The average Bonchev–Trinajstić information content (AvgIpc) is 2.37. The summed E-state index contributed by atoms with van der Waals surface area (Å²) in [6.45, 7) is 2.42. The van der Waals surface area contributed by atoms with E-state index in [4.69, 9.17) is 4.74 Å². The molecule has 0 saturated carbocycles. The third kappa shape index (κ3) is 5.59. The number of sulfonamides is 1. The Morgan fingerprint density at radius 2 is 2.00 bits per heavy atom. The van der Waals surface area contributed by atoms with E-state index in [-0.39, 0.29) is 18.9 Å². The zero-order chi connectivity index (χ0) is 13.4. The average molecular weight is 273 g/mol. The monoisotopic (exact) mass is 273 g/mol.